The van der Waals surface area contributed by atoms with Gasteiger partial charge in [0.25, 0.3) is 5.91 Å². The Morgan fingerprint density at radius 3 is 2.75 bits per heavy atom. The van der Waals surface area contributed by atoms with Crippen LogP contribution in [0.5, 0.6) is 0 Å². The van der Waals surface area contributed by atoms with Gasteiger partial charge in [0, 0.05) is 42.0 Å². The van der Waals surface area contributed by atoms with Gasteiger partial charge in [0.05, 0.1) is 13.2 Å². The van der Waals surface area contributed by atoms with Crippen molar-refractivity contribution in [3.8, 4) is 0 Å². The van der Waals surface area contributed by atoms with E-state index in [0.717, 1.165) is 28.7 Å². The Hall–Kier alpha value is -3.45. The number of hydrogen-bond acceptors (Lipinski definition) is 4. The Morgan fingerprint density at radius 1 is 1.14 bits per heavy atom. The zero-order valence-corrected chi connectivity index (χ0v) is 15.6. The molecule has 0 aliphatic heterocycles. The molecule has 1 N–H and O–H groups in total. The number of carbonyl (C=O) groups excluding carboxylic acids is 1. The van der Waals surface area contributed by atoms with Crippen molar-refractivity contribution in [1.29, 1.82) is 0 Å². The molecule has 2 heterocycles. The maximum atomic E-state index is 12.6. The van der Waals surface area contributed by atoms with E-state index in [9.17, 15) is 4.79 Å². The van der Waals surface area contributed by atoms with Gasteiger partial charge in [0.1, 0.15) is 12.7 Å². The lowest BCUT2D eigenvalue weighted by atomic mass is 10.1. The summed E-state index contributed by atoms with van der Waals surface area (Å²) in [7, 11) is 1.69. The highest BCUT2D eigenvalue weighted by molar-refractivity contribution is 6.06. The van der Waals surface area contributed by atoms with E-state index in [-0.39, 0.29) is 5.91 Å². The molecule has 4 rings (SSSR count). The van der Waals surface area contributed by atoms with Crippen LogP contribution in [-0.2, 0) is 17.8 Å². The van der Waals surface area contributed by atoms with Gasteiger partial charge in [-0.05, 0) is 42.0 Å². The van der Waals surface area contributed by atoms with Crippen molar-refractivity contribution in [2.75, 3.05) is 19.0 Å². The first-order valence-corrected chi connectivity index (χ1v) is 9.03. The van der Waals surface area contributed by atoms with Gasteiger partial charge in [-0.3, -0.25) is 4.79 Å². The number of nitrogens with one attached hydrogen (secondary N) is 1. The molecule has 0 radical (unpaired) electrons. The smallest absolute Gasteiger partial charge is 0.255 e. The molecule has 4 aromatic rings. The van der Waals surface area contributed by atoms with E-state index in [2.05, 4.69) is 20.0 Å². The van der Waals surface area contributed by atoms with Crippen LogP contribution in [0.3, 0.4) is 0 Å². The molecule has 2 aromatic heterocycles. The topological polar surface area (TPSA) is 74.0 Å². The second-order valence-electron chi connectivity index (χ2n) is 6.52. The fourth-order valence-corrected chi connectivity index (χ4v) is 3.12. The third-order valence-corrected chi connectivity index (χ3v) is 4.59. The van der Waals surface area contributed by atoms with Crippen LogP contribution in [0.25, 0.3) is 10.9 Å². The van der Waals surface area contributed by atoms with E-state index in [1.807, 2.05) is 54.7 Å². The molecule has 7 nitrogen and oxygen atoms in total. The Labute approximate surface area is 162 Å². The molecule has 1 amide bonds. The summed E-state index contributed by atoms with van der Waals surface area (Å²) in [6.07, 6.45) is 5.20. The lowest BCUT2D eigenvalue weighted by Gasteiger charge is -2.08. The first-order chi connectivity index (χ1) is 13.7. The van der Waals surface area contributed by atoms with Crippen molar-refractivity contribution in [3.63, 3.8) is 0 Å². The molecule has 28 heavy (non-hydrogen) atoms. The molecule has 0 spiro atoms. The Bertz CT molecular complexity index is 1070. The standard InChI is InChI=1S/C21H21N5O2/c1-28-11-10-25-9-8-17-12-18(4-7-20(17)25)21(27)24-19-5-2-16(3-6-19)13-26-15-22-14-23-26/h2-9,12,14-15H,10-11,13H2,1H3,(H,24,27). The number of rotatable bonds is 7. The van der Waals surface area contributed by atoms with E-state index < -0.39 is 0 Å². The Kier molecular flexibility index (Phi) is 5.16. The first-order valence-electron chi connectivity index (χ1n) is 9.03. The Morgan fingerprint density at radius 2 is 2.00 bits per heavy atom. The quantitative estimate of drug-likeness (QED) is 0.538. The van der Waals surface area contributed by atoms with E-state index in [4.69, 9.17) is 4.74 Å². The summed E-state index contributed by atoms with van der Waals surface area (Å²) in [5, 5.41) is 8.08. The number of fused-ring (bicyclic) bond motifs is 1. The van der Waals surface area contributed by atoms with E-state index >= 15 is 0 Å². The van der Waals surface area contributed by atoms with Gasteiger partial charge in [-0.1, -0.05) is 12.1 Å². The van der Waals surface area contributed by atoms with Crippen LogP contribution in [0, 0.1) is 0 Å². The molecule has 0 unspecified atom stereocenters. The predicted molar refractivity (Wildman–Crippen MR) is 107 cm³/mol. The third-order valence-electron chi connectivity index (χ3n) is 4.59. The van der Waals surface area contributed by atoms with Crippen molar-refractivity contribution in [1.82, 2.24) is 19.3 Å². The number of benzene rings is 2. The molecular formula is C21H21N5O2. The van der Waals surface area contributed by atoms with Gasteiger partial charge >= 0.3 is 0 Å². The molecule has 0 bridgehead atoms. The predicted octanol–water partition coefficient (Wildman–Crippen LogP) is 3.18. The highest BCUT2D eigenvalue weighted by Gasteiger charge is 2.09. The van der Waals surface area contributed by atoms with Gasteiger partial charge in [-0.2, -0.15) is 5.10 Å². The maximum absolute atomic E-state index is 12.6. The summed E-state index contributed by atoms with van der Waals surface area (Å²) in [4.78, 5) is 16.6. The third kappa shape index (κ3) is 3.94. The highest BCUT2D eigenvalue weighted by atomic mass is 16.5. The van der Waals surface area contributed by atoms with Crippen molar-refractivity contribution in [2.24, 2.45) is 0 Å². The van der Waals surface area contributed by atoms with Crippen molar-refractivity contribution < 1.29 is 9.53 Å². The summed E-state index contributed by atoms with van der Waals surface area (Å²) in [5.41, 5.74) is 3.56. The van der Waals surface area contributed by atoms with E-state index in [1.54, 1.807) is 18.1 Å². The summed E-state index contributed by atoms with van der Waals surface area (Å²) in [6, 6.07) is 15.5. The average molecular weight is 375 g/mol. The van der Waals surface area contributed by atoms with Crippen LogP contribution in [-0.4, -0.2) is 39.0 Å². The van der Waals surface area contributed by atoms with Crippen molar-refractivity contribution in [3.05, 3.63) is 78.5 Å². The van der Waals surface area contributed by atoms with E-state index in [1.165, 1.54) is 6.33 Å². The molecule has 0 saturated heterocycles. The molecule has 7 heteroatoms. The Balaban J connectivity index is 1.44. The first kappa shape index (κ1) is 17.9. The second kappa shape index (κ2) is 8.06. The molecular weight excluding hydrogens is 354 g/mol. The zero-order valence-electron chi connectivity index (χ0n) is 15.6. The van der Waals surface area contributed by atoms with Gasteiger partial charge in [-0.25, -0.2) is 9.67 Å². The number of carbonyl (C=O) groups is 1. The van der Waals surface area contributed by atoms with Crippen LogP contribution in [0.2, 0.25) is 0 Å². The van der Waals surface area contributed by atoms with Crippen molar-refractivity contribution in [2.45, 2.75) is 13.1 Å². The van der Waals surface area contributed by atoms with Gasteiger partial charge < -0.3 is 14.6 Å². The average Bonchev–Trinajstić information content (AvgIpc) is 3.37. The molecule has 0 saturated carbocycles. The van der Waals surface area contributed by atoms with Crippen LogP contribution in [0.1, 0.15) is 15.9 Å². The fraction of sp³-hybridized carbons (Fsp3) is 0.190. The van der Waals surface area contributed by atoms with E-state index in [0.29, 0.717) is 18.7 Å². The summed E-state index contributed by atoms with van der Waals surface area (Å²) in [6.45, 7) is 2.08. The number of methoxy groups -OCH3 is 1. The number of aromatic nitrogens is 4. The fourth-order valence-electron chi connectivity index (χ4n) is 3.12. The van der Waals surface area contributed by atoms with Gasteiger partial charge in [0.15, 0.2) is 0 Å². The number of nitrogens with zero attached hydrogens (tertiary/aromatic N) is 4. The number of hydrogen-bond donors (Lipinski definition) is 1. The minimum atomic E-state index is -0.129. The SMILES string of the molecule is COCCn1ccc2cc(C(=O)Nc3ccc(Cn4cncn4)cc3)ccc21. The minimum Gasteiger partial charge on any atom is -0.383 e. The number of amides is 1. The monoisotopic (exact) mass is 375 g/mol. The second-order valence-corrected chi connectivity index (χ2v) is 6.52. The lowest BCUT2D eigenvalue weighted by Crippen LogP contribution is -2.12. The molecule has 0 atom stereocenters. The molecule has 0 aliphatic carbocycles. The van der Waals surface area contributed by atoms with Crippen LogP contribution in [0.15, 0.2) is 67.4 Å². The highest BCUT2D eigenvalue weighted by Crippen LogP contribution is 2.19. The summed E-state index contributed by atoms with van der Waals surface area (Å²) in [5.74, 6) is -0.129. The van der Waals surface area contributed by atoms with Gasteiger partial charge in [0.2, 0.25) is 0 Å². The van der Waals surface area contributed by atoms with Gasteiger partial charge in [-0.15, -0.1) is 0 Å². The number of ether oxygens (including phenoxy) is 1. The molecule has 2 aromatic carbocycles. The molecule has 0 fully saturated rings. The number of anilines is 1. The lowest BCUT2D eigenvalue weighted by molar-refractivity contribution is 0.102. The molecule has 142 valence electrons. The maximum Gasteiger partial charge on any atom is 0.255 e. The van der Waals surface area contributed by atoms with Crippen LogP contribution < -0.4 is 5.32 Å². The van der Waals surface area contributed by atoms with Crippen molar-refractivity contribution >= 4 is 22.5 Å². The zero-order chi connectivity index (χ0) is 19.3. The molecule has 0 aliphatic rings. The largest absolute Gasteiger partial charge is 0.383 e. The minimum absolute atomic E-state index is 0.129. The normalized spacial score (nSPS) is 11.0. The van der Waals surface area contributed by atoms with Crippen LogP contribution in [0.4, 0.5) is 5.69 Å². The summed E-state index contributed by atoms with van der Waals surface area (Å²) >= 11 is 0. The van der Waals surface area contributed by atoms with Crippen LogP contribution >= 0.6 is 0 Å². The summed E-state index contributed by atoms with van der Waals surface area (Å²) < 4.78 is 9.01.